The molecule has 0 aliphatic rings. The summed E-state index contributed by atoms with van der Waals surface area (Å²) in [5.41, 5.74) is 0.783. The largest absolute Gasteiger partial charge is 0.493 e. The minimum atomic E-state index is 0.0686. The molecule has 0 saturated heterocycles. The van der Waals surface area contributed by atoms with Crippen LogP contribution in [0.5, 0.6) is 5.75 Å². The second-order valence-electron chi connectivity index (χ2n) is 5.16. The average molecular weight is 300 g/mol. The summed E-state index contributed by atoms with van der Waals surface area (Å²) in [6, 6.07) is 7.99. The van der Waals surface area contributed by atoms with Crippen LogP contribution >= 0.6 is 0 Å². The van der Waals surface area contributed by atoms with Crippen molar-refractivity contribution < 1.29 is 9.15 Å². The molecular weight excluding hydrogens is 280 g/mol. The average Bonchev–Trinajstić information content (AvgIpc) is 3.17. The number of hydrogen-bond donors (Lipinski definition) is 1. The highest BCUT2D eigenvalue weighted by molar-refractivity contribution is 5.83. The van der Waals surface area contributed by atoms with Gasteiger partial charge in [-0.2, -0.15) is 0 Å². The quantitative estimate of drug-likeness (QED) is 0.758. The van der Waals surface area contributed by atoms with Crippen LogP contribution in [0.1, 0.15) is 31.5 Å². The van der Waals surface area contributed by atoms with Gasteiger partial charge in [-0.25, -0.2) is 0 Å². The van der Waals surface area contributed by atoms with Crippen molar-refractivity contribution in [1.82, 2.24) is 20.1 Å². The summed E-state index contributed by atoms with van der Waals surface area (Å²) in [7, 11) is 1.65. The van der Waals surface area contributed by atoms with Gasteiger partial charge in [-0.3, -0.25) is 0 Å². The fourth-order valence-corrected chi connectivity index (χ4v) is 2.46. The van der Waals surface area contributed by atoms with Gasteiger partial charge in [0.15, 0.2) is 11.3 Å². The minimum absolute atomic E-state index is 0.0686. The third kappa shape index (κ3) is 2.69. The van der Waals surface area contributed by atoms with Gasteiger partial charge in [-0.15, -0.1) is 10.2 Å². The Morgan fingerprint density at radius 1 is 1.41 bits per heavy atom. The smallest absolute Gasteiger partial charge is 0.176 e. The van der Waals surface area contributed by atoms with Crippen LogP contribution in [0.15, 0.2) is 35.0 Å². The number of benzene rings is 1. The molecule has 1 N–H and O–H groups in total. The van der Waals surface area contributed by atoms with Crippen molar-refractivity contribution in [1.29, 1.82) is 0 Å². The highest BCUT2D eigenvalue weighted by atomic mass is 16.5. The van der Waals surface area contributed by atoms with Crippen LogP contribution in [0.25, 0.3) is 11.0 Å². The predicted octanol–water partition coefficient (Wildman–Crippen LogP) is 2.90. The Morgan fingerprint density at radius 2 is 2.27 bits per heavy atom. The van der Waals surface area contributed by atoms with Crippen LogP contribution in [-0.4, -0.2) is 21.9 Å². The number of furan rings is 1. The lowest BCUT2D eigenvalue weighted by Gasteiger charge is -2.11. The molecule has 0 aliphatic heterocycles. The number of methoxy groups -OCH3 is 1. The van der Waals surface area contributed by atoms with Crippen LogP contribution in [0.3, 0.4) is 0 Å². The SMILES string of the molecule is CCn1cnnc1CNC(C)c1cc2cccc(OC)c2o1. The van der Waals surface area contributed by atoms with Gasteiger partial charge in [0.05, 0.1) is 19.7 Å². The monoisotopic (exact) mass is 300 g/mol. The number of aromatic nitrogens is 3. The van der Waals surface area contributed by atoms with E-state index < -0.39 is 0 Å². The van der Waals surface area contributed by atoms with Crippen molar-refractivity contribution >= 4 is 11.0 Å². The van der Waals surface area contributed by atoms with Crippen molar-refractivity contribution in [3.8, 4) is 5.75 Å². The first-order valence-electron chi connectivity index (χ1n) is 7.39. The molecule has 2 aromatic heterocycles. The number of rotatable bonds is 6. The molecule has 0 saturated carbocycles. The van der Waals surface area contributed by atoms with Gasteiger partial charge in [0.25, 0.3) is 0 Å². The maximum atomic E-state index is 5.95. The van der Waals surface area contributed by atoms with Gasteiger partial charge in [0, 0.05) is 11.9 Å². The standard InChI is InChI=1S/C16H20N4O2/c1-4-20-10-18-19-15(20)9-17-11(2)14-8-12-6-5-7-13(21-3)16(12)22-14/h5-8,10-11,17H,4,9H2,1-3H3. The van der Waals surface area contributed by atoms with Gasteiger partial charge in [0.1, 0.15) is 17.9 Å². The van der Waals surface area contributed by atoms with E-state index in [4.69, 9.17) is 9.15 Å². The molecule has 3 rings (SSSR count). The van der Waals surface area contributed by atoms with E-state index >= 15 is 0 Å². The van der Waals surface area contributed by atoms with Crippen molar-refractivity contribution in [3.05, 3.63) is 42.2 Å². The van der Waals surface area contributed by atoms with Crippen molar-refractivity contribution in [2.24, 2.45) is 0 Å². The first kappa shape index (κ1) is 14.6. The molecule has 1 aromatic carbocycles. The second-order valence-corrected chi connectivity index (χ2v) is 5.16. The highest BCUT2D eigenvalue weighted by Gasteiger charge is 2.14. The van der Waals surface area contributed by atoms with Gasteiger partial charge >= 0.3 is 0 Å². The summed E-state index contributed by atoms with van der Waals surface area (Å²) in [4.78, 5) is 0. The van der Waals surface area contributed by atoms with Gasteiger partial charge in [-0.05, 0) is 26.0 Å². The Balaban J connectivity index is 1.76. The molecule has 0 spiro atoms. The number of hydrogen-bond acceptors (Lipinski definition) is 5. The van der Waals surface area contributed by atoms with Gasteiger partial charge < -0.3 is 19.0 Å². The maximum absolute atomic E-state index is 5.95. The summed E-state index contributed by atoms with van der Waals surface area (Å²) in [6.45, 7) is 5.64. The number of para-hydroxylation sites is 1. The highest BCUT2D eigenvalue weighted by Crippen LogP contribution is 2.30. The summed E-state index contributed by atoms with van der Waals surface area (Å²) in [5, 5.41) is 12.5. The molecule has 0 aliphatic carbocycles. The lowest BCUT2D eigenvalue weighted by atomic mass is 10.2. The Bertz CT molecular complexity index is 762. The minimum Gasteiger partial charge on any atom is -0.493 e. The molecule has 22 heavy (non-hydrogen) atoms. The number of nitrogens with zero attached hydrogens (tertiary/aromatic N) is 3. The molecule has 0 bridgehead atoms. The van der Waals surface area contributed by atoms with Crippen molar-refractivity contribution in [2.75, 3.05) is 7.11 Å². The van der Waals surface area contributed by atoms with Crippen molar-refractivity contribution in [3.63, 3.8) is 0 Å². The van der Waals surface area contributed by atoms with Crippen LogP contribution < -0.4 is 10.1 Å². The van der Waals surface area contributed by atoms with E-state index in [2.05, 4.69) is 29.4 Å². The first-order chi connectivity index (χ1) is 10.7. The predicted molar refractivity (Wildman–Crippen MR) is 83.7 cm³/mol. The summed E-state index contributed by atoms with van der Waals surface area (Å²) >= 11 is 0. The third-order valence-electron chi connectivity index (χ3n) is 3.78. The zero-order valence-corrected chi connectivity index (χ0v) is 13.0. The summed E-state index contributed by atoms with van der Waals surface area (Å²) in [6.07, 6.45) is 1.74. The van der Waals surface area contributed by atoms with Crippen LogP contribution in [-0.2, 0) is 13.1 Å². The number of nitrogens with one attached hydrogen (secondary N) is 1. The lowest BCUT2D eigenvalue weighted by molar-refractivity contribution is 0.398. The zero-order valence-electron chi connectivity index (χ0n) is 13.0. The zero-order chi connectivity index (χ0) is 15.5. The molecule has 3 aromatic rings. The van der Waals surface area contributed by atoms with Crippen LogP contribution in [0, 0.1) is 0 Å². The van der Waals surface area contributed by atoms with Crippen molar-refractivity contribution in [2.45, 2.75) is 33.0 Å². The van der Waals surface area contributed by atoms with E-state index in [0.29, 0.717) is 6.54 Å². The number of ether oxygens (including phenoxy) is 1. The fourth-order valence-electron chi connectivity index (χ4n) is 2.46. The molecule has 116 valence electrons. The molecular formula is C16H20N4O2. The Morgan fingerprint density at radius 3 is 3.05 bits per heavy atom. The molecule has 2 heterocycles. The maximum Gasteiger partial charge on any atom is 0.176 e. The van der Waals surface area contributed by atoms with Crippen LogP contribution in [0.2, 0.25) is 0 Å². The van der Waals surface area contributed by atoms with E-state index in [9.17, 15) is 0 Å². The Hall–Kier alpha value is -2.34. The van der Waals surface area contributed by atoms with E-state index in [0.717, 1.165) is 34.8 Å². The topological polar surface area (TPSA) is 65.1 Å². The molecule has 6 nitrogen and oxygen atoms in total. The summed E-state index contributed by atoms with van der Waals surface area (Å²) in [5.74, 6) is 2.55. The fraction of sp³-hybridized carbons (Fsp3) is 0.375. The second kappa shape index (κ2) is 6.19. The van der Waals surface area contributed by atoms with Gasteiger partial charge in [-0.1, -0.05) is 12.1 Å². The lowest BCUT2D eigenvalue weighted by Crippen LogP contribution is -2.20. The molecule has 1 unspecified atom stereocenters. The number of aryl methyl sites for hydroxylation is 1. The molecule has 6 heteroatoms. The van der Waals surface area contributed by atoms with E-state index in [1.807, 2.05) is 28.8 Å². The van der Waals surface area contributed by atoms with E-state index in [-0.39, 0.29) is 6.04 Å². The van der Waals surface area contributed by atoms with Crippen LogP contribution in [0.4, 0.5) is 0 Å². The van der Waals surface area contributed by atoms with Gasteiger partial charge in [0.2, 0.25) is 0 Å². The van der Waals surface area contributed by atoms with E-state index in [1.165, 1.54) is 0 Å². The molecule has 0 fully saturated rings. The normalized spacial score (nSPS) is 12.7. The first-order valence-corrected chi connectivity index (χ1v) is 7.39. The molecule has 0 radical (unpaired) electrons. The molecule has 1 atom stereocenters. The number of fused-ring (bicyclic) bond motifs is 1. The molecule has 0 amide bonds. The summed E-state index contributed by atoms with van der Waals surface area (Å²) < 4.78 is 13.3. The third-order valence-corrected chi connectivity index (χ3v) is 3.78. The Labute approximate surface area is 129 Å². The van der Waals surface area contributed by atoms with E-state index in [1.54, 1.807) is 13.4 Å². The Kier molecular flexibility index (Phi) is 4.11.